The molecule has 0 N–H and O–H groups in total. The molecule has 0 saturated heterocycles. The average molecular weight is 303 g/mol. The minimum absolute atomic E-state index is 0.00522. The van der Waals surface area contributed by atoms with Crippen LogP contribution < -0.4 is 0 Å². The lowest BCUT2D eigenvalue weighted by atomic mass is 10.1. The molecule has 1 rings (SSSR count). The molecule has 0 aliphatic carbocycles. The highest BCUT2D eigenvalue weighted by Crippen LogP contribution is 2.24. The second-order valence-corrected chi connectivity index (χ2v) is 6.50. The second-order valence-electron chi connectivity index (χ2n) is 4.52. The first kappa shape index (κ1) is 16.6. The van der Waals surface area contributed by atoms with Crippen molar-refractivity contribution in [1.29, 1.82) is 0 Å². The Bertz CT molecular complexity index is 590. The Labute approximate surface area is 118 Å². The molecule has 0 saturated carbocycles. The topological polar surface area (TPSA) is 63.7 Å². The summed E-state index contributed by atoms with van der Waals surface area (Å²) in [6.45, 7) is 3.08. The van der Waals surface area contributed by atoms with Crippen molar-refractivity contribution in [3.63, 3.8) is 0 Å². The number of esters is 1. The molecule has 7 heteroatoms. The Morgan fingerprint density at radius 2 is 1.80 bits per heavy atom. The second kappa shape index (κ2) is 6.32. The third-order valence-corrected chi connectivity index (χ3v) is 5.11. The zero-order valence-corrected chi connectivity index (χ0v) is 12.8. The number of nitrogens with zero attached hydrogens (tertiary/aromatic N) is 1. The molecule has 0 fully saturated rings. The van der Waals surface area contributed by atoms with Crippen LogP contribution >= 0.6 is 0 Å². The van der Waals surface area contributed by atoms with Gasteiger partial charge in [-0.05, 0) is 37.1 Å². The Morgan fingerprint density at radius 3 is 2.25 bits per heavy atom. The van der Waals surface area contributed by atoms with Gasteiger partial charge in [-0.15, -0.1) is 0 Å². The Kier molecular flexibility index (Phi) is 5.24. The fourth-order valence-electron chi connectivity index (χ4n) is 1.93. The van der Waals surface area contributed by atoms with Crippen LogP contribution in [0.25, 0.3) is 0 Å². The van der Waals surface area contributed by atoms with Crippen LogP contribution in [0.3, 0.4) is 0 Å². The number of rotatable bonds is 5. The molecule has 0 atom stereocenters. The van der Waals surface area contributed by atoms with Gasteiger partial charge >= 0.3 is 5.97 Å². The van der Waals surface area contributed by atoms with Gasteiger partial charge < -0.3 is 4.74 Å². The van der Waals surface area contributed by atoms with Gasteiger partial charge in [0.1, 0.15) is 5.82 Å². The molecule has 0 bridgehead atoms. The Balaban J connectivity index is 3.08. The lowest BCUT2D eigenvalue weighted by molar-refractivity contribution is -0.140. The number of methoxy groups -OCH3 is 1. The summed E-state index contributed by atoms with van der Waals surface area (Å²) in [6, 6.07) is 2.35. The lowest BCUT2D eigenvalue weighted by Crippen LogP contribution is -2.30. The molecule has 0 aliphatic rings. The van der Waals surface area contributed by atoms with E-state index in [1.165, 1.54) is 40.1 Å². The van der Waals surface area contributed by atoms with E-state index in [0.29, 0.717) is 11.1 Å². The van der Waals surface area contributed by atoms with Crippen LogP contribution in [0.5, 0.6) is 0 Å². The van der Waals surface area contributed by atoms with Gasteiger partial charge in [-0.1, -0.05) is 0 Å². The number of carbonyl (C=O) groups excluding carboxylic acids is 1. The summed E-state index contributed by atoms with van der Waals surface area (Å²) >= 11 is 0. The van der Waals surface area contributed by atoms with Gasteiger partial charge in [-0.25, -0.2) is 17.1 Å². The molecule has 0 amide bonds. The number of sulfonamides is 1. The van der Waals surface area contributed by atoms with Gasteiger partial charge in [0.15, 0.2) is 0 Å². The molecule has 0 aromatic heterocycles. The molecule has 112 valence electrons. The molecule has 20 heavy (non-hydrogen) atoms. The summed E-state index contributed by atoms with van der Waals surface area (Å²) in [7, 11) is -1.15. The maximum atomic E-state index is 13.2. The predicted octanol–water partition coefficient (Wildman–Crippen LogP) is 1.63. The van der Waals surface area contributed by atoms with E-state index in [-0.39, 0.29) is 17.9 Å². The van der Waals surface area contributed by atoms with E-state index in [0.717, 1.165) is 4.31 Å². The lowest BCUT2D eigenvalue weighted by Gasteiger charge is -2.19. The van der Waals surface area contributed by atoms with Crippen LogP contribution in [0.15, 0.2) is 17.0 Å². The van der Waals surface area contributed by atoms with Crippen LogP contribution in [0, 0.1) is 19.7 Å². The van der Waals surface area contributed by atoms with Crippen molar-refractivity contribution in [3.05, 3.63) is 29.1 Å². The molecule has 1 aromatic carbocycles. The van der Waals surface area contributed by atoms with Gasteiger partial charge in [-0.3, -0.25) is 4.79 Å². The van der Waals surface area contributed by atoms with Gasteiger partial charge in [0.05, 0.1) is 18.4 Å². The fraction of sp³-hybridized carbons (Fsp3) is 0.462. The third kappa shape index (κ3) is 3.55. The molecule has 0 unspecified atom stereocenters. The largest absolute Gasteiger partial charge is 0.469 e. The van der Waals surface area contributed by atoms with Gasteiger partial charge in [-0.2, -0.15) is 0 Å². The normalized spacial score (nSPS) is 11.7. The number of carbonyl (C=O) groups is 1. The van der Waals surface area contributed by atoms with Gasteiger partial charge in [0.2, 0.25) is 10.0 Å². The minimum atomic E-state index is -3.76. The third-order valence-electron chi connectivity index (χ3n) is 2.95. The Morgan fingerprint density at radius 1 is 1.30 bits per heavy atom. The highest BCUT2D eigenvalue weighted by molar-refractivity contribution is 7.89. The van der Waals surface area contributed by atoms with Crippen LogP contribution in [0.1, 0.15) is 17.5 Å². The van der Waals surface area contributed by atoms with E-state index >= 15 is 0 Å². The first-order valence-corrected chi connectivity index (χ1v) is 7.44. The van der Waals surface area contributed by atoms with Crippen LogP contribution in [-0.4, -0.2) is 39.4 Å². The fourth-order valence-corrected chi connectivity index (χ4v) is 3.51. The van der Waals surface area contributed by atoms with Crippen molar-refractivity contribution in [2.75, 3.05) is 20.7 Å². The standard InChI is InChI=1S/C13H18FNO4S/c1-9-7-11(14)8-10(2)13(9)20(17,18)15(3)6-5-12(16)19-4/h7-8H,5-6H2,1-4H3. The summed E-state index contributed by atoms with van der Waals surface area (Å²) in [5.41, 5.74) is 0.680. The summed E-state index contributed by atoms with van der Waals surface area (Å²) in [5.74, 6) is -0.962. The van der Waals surface area contributed by atoms with E-state index < -0.39 is 21.8 Å². The molecule has 5 nitrogen and oxygen atoms in total. The van der Waals surface area contributed by atoms with E-state index in [1.54, 1.807) is 0 Å². The molecule has 0 spiro atoms. The number of aryl methyl sites for hydroxylation is 2. The van der Waals surface area contributed by atoms with Crippen molar-refractivity contribution >= 4 is 16.0 Å². The number of hydrogen-bond acceptors (Lipinski definition) is 4. The van der Waals surface area contributed by atoms with Gasteiger partial charge in [0, 0.05) is 13.6 Å². The van der Waals surface area contributed by atoms with E-state index in [2.05, 4.69) is 4.74 Å². The summed E-state index contributed by atoms with van der Waals surface area (Å²) < 4.78 is 43.6. The first-order chi connectivity index (χ1) is 9.20. The summed E-state index contributed by atoms with van der Waals surface area (Å²) in [6.07, 6.45) is -0.0362. The zero-order chi connectivity index (χ0) is 15.5. The Hall–Kier alpha value is -1.47. The summed E-state index contributed by atoms with van der Waals surface area (Å²) in [4.78, 5) is 11.1. The van der Waals surface area contributed by atoms with Crippen LogP contribution in [0.4, 0.5) is 4.39 Å². The molecule has 0 aliphatic heterocycles. The van der Waals surface area contributed by atoms with Crippen molar-refractivity contribution in [1.82, 2.24) is 4.31 Å². The van der Waals surface area contributed by atoms with E-state index in [9.17, 15) is 17.6 Å². The highest BCUT2D eigenvalue weighted by atomic mass is 32.2. The van der Waals surface area contributed by atoms with Crippen molar-refractivity contribution in [2.45, 2.75) is 25.2 Å². The van der Waals surface area contributed by atoms with E-state index in [1.807, 2.05) is 0 Å². The number of hydrogen-bond donors (Lipinski definition) is 0. The molecule has 0 radical (unpaired) electrons. The molecule has 1 aromatic rings. The summed E-state index contributed by atoms with van der Waals surface area (Å²) in [5, 5.41) is 0. The minimum Gasteiger partial charge on any atom is -0.469 e. The monoisotopic (exact) mass is 303 g/mol. The van der Waals surface area contributed by atoms with Crippen LogP contribution in [0.2, 0.25) is 0 Å². The molecule has 0 heterocycles. The average Bonchev–Trinajstić information content (AvgIpc) is 2.33. The zero-order valence-electron chi connectivity index (χ0n) is 11.9. The number of ether oxygens (including phenoxy) is 1. The maximum Gasteiger partial charge on any atom is 0.306 e. The van der Waals surface area contributed by atoms with Crippen LogP contribution in [-0.2, 0) is 19.6 Å². The van der Waals surface area contributed by atoms with E-state index in [4.69, 9.17) is 0 Å². The quantitative estimate of drug-likeness (QED) is 0.776. The SMILES string of the molecule is COC(=O)CCN(C)S(=O)(=O)c1c(C)cc(F)cc1C. The molecular weight excluding hydrogens is 285 g/mol. The van der Waals surface area contributed by atoms with Crippen molar-refractivity contribution < 1.29 is 22.3 Å². The maximum absolute atomic E-state index is 13.2. The highest BCUT2D eigenvalue weighted by Gasteiger charge is 2.25. The van der Waals surface area contributed by atoms with Gasteiger partial charge in [0.25, 0.3) is 0 Å². The first-order valence-electron chi connectivity index (χ1n) is 6.00. The number of halogens is 1. The predicted molar refractivity (Wildman–Crippen MR) is 72.3 cm³/mol. The molecular formula is C13H18FNO4S. The smallest absolute Gasteiger partial charge is 0.306 e. The van der Waals surface area contributed by atoms with Crippen molar-refractivity contribution in [3.8, 4) is 0 Å². The van der Waals surface area contributed by atoms with Crippen molar-refractivity contribution in [2.24, 2.45) is 0 Å². The number of benzene rings is 1.